The molecule has 4 heteroatoms. The van der Waals surface area contributed by atoms with Crippen molar-refractivity contribution in [2.45, 2.75) is 24.3 Å². The monoisotopic (exact) mass is 247 g/mol. The van der Waals surface area contributed by atoms with Crippen LogP contribution in [0.15, 0.2) is 18.2 Å². The predicted molar refractivity (Wildman–Crippen MR) is 65.8 cm³/mol. The molecule has 0 fully saturated rings. The lowest BCUT2D eigenvalue weighted by atomic mass is 10.2. The number of benzene rings is 1. The molecule has 1 atom stereocenters. The van der Waals surface area contributed by atoms with E-state index in [2.05, 4.69) is 6.92 Å². The molecule has 0 spiro atoms. The van der Waals surface area contributed by atoms with Crippen LogP contribution in [0, 0.1) is 5.82 Å². The Hall–Kier alpha value is -0.250. The van der Waals surface area contributed by atoms with Gasteiger partial charge in [-0.05, 0) is 24.6 Å². The van der Waals surface area contributed by atoms with Gasteiger partial charge in [0.25, 0.3) is 0 Å². The maximum Gasteiger partial charge on any atom is 0.142 e. The van der Waals surface area contributed by atoms with Crippen molar-refractivity contribution in [1.29, 1.82) is 0 Å². The van der Waals surface area contributed by atoms with Gasteiger partial charge in [0, 0.05) is 11.0 Å². The van der Waals surface area contributed by atoms with Gasteiger partial charge >= 0.3 is 0 Å². The second-order valence-corrected chi connectivity index (χ2v) is 5.22. The molecule has 0 aliphatic heterocycles. The number of rotatable bonds is 5. The van der Waals surface area contributed by atoms with Crippen LogP contribution >= 0.6 is 23.4 Å². The molecule has 0 amide bonds. The fourth-order valence-corrected chi connectivity index (χ4v) is 2.49. The van der Waals surface area contributed by atoms with Crippen molar-refractivity contribution in [3.8, 4) is 0 Å². The van der Waals surface area contributed by atoms with Gasteiger partial charge in [0.15, 0.2) is 0 Å². The standard InChI is InChI=1S/C11H15ClFNS/c1-8(5-6-14)15-7-9-3-2-4-10(13)11(9)12/h2-4,8H,5-7,14H2,1H3. The summed E-state index contributed by atoms with van der Waals surface area (Å²) < 4.78 is 13.1. The summed E-state index contributed by atoms with van der Waals surface area (Å²) in [4.78, 5) is 0. The Morgan fingerprint density at radius 2 is 2.27 bits per heavy atom. The zero-order chi connectivity index (χ0) is 11.3. The molecule has 1 aromatic carbocycles. The quantitative estimate of drug-likeness (QED) is 0.863. The summed E-state index contributed by atoms with van der Waals surface area (Å²) in [7, 11) is 0. The molecular weight excluding hydrogens is 233 g/mol. The Morgan fingerprint density at radius 3 is 2.93 bits per heavy atom. The van der Waals surface area contributed by atoms with Crippen LogP contribution in [0.2, 0.25) is 5.02 Å². The average molecular weight is 248 g/mol. The SMILES string of the molecule is CC(CCN)SCc1cccc(F)c1Cl. The predicted octanol–water partition coefficient (Wildman–Crippen LogP) is 3.45. The summed E-state index contributed by atoms with van der Waals surface area (Å²) in [6.45, 7) is 2.80. The first-order chi connectivity index (χ1) is 7.15. The highest BCUT2D eigenvalue weighted by Gasteiger charge is 2.07. The topological polar surface area (TPSA) is 26.0 Å². The van der Waals surface area contributed by atoms with Crippen LogP contribution in [0.3, 0.4) is 0 Å². The molecule has 0 aliphatic rings. The Balaban J connectivity index is 2.54. The molecule has 0 aromatic heterocycles. The molecule has 1 aromatic rings. The minimum atomic E-state index is -0.346. The van der Waals surface area contributed by atoms with Crippen LogP contribution in [0.5, 0.6) is 0 Å². The summed E-state index contributed by atoms with van der Waals surface area (Å²) in [5.74, 6) is 0.388. The molecule has 15 heavy (non-hydrogen) atoms. The van der Waals surface area contributed by atoms with Gasteiger partial charge in [-0.2, -0.15) is 11.8 Å². The van der Waals surface area contributed by atoms with E-state index in [4.69, 9.17) is 17.3 Å². The molecule has 0 radical (unpaired) electrons. The summed E-state index contributed by atoms with van der Waals surface area (Å²) in [6.07, 6.45) is 0.970. The number of hydrogen-bond donors (Lipinski definition) is 1. The van der Waals surface area contributed by atoms with Gasteiger partial charge in [0.05, 0.1) is 5.02 Å². The molecule has 1 unspecified atom stereocenters. The third-order valence-corrected chi connectivity index (χ3v) is 3.83. The number of nitrogens with two attached hydrogens (primary N) is 1. The summed E-state index contributed by atoms with van der Waals surface area (Å²) in [5, 5.41) is 0.722. The van der Waals surface area contributed by atoms with Gasteiger partial charge < -0.3 is 5.73 Å². The van der Waals surface area contributed by atoms with Gasteiger partial charge in [-0.3, -0.25) is 0 Å². The number of halogens is 2. The lowest BCUT2D eigenvalue weighted by molar-refractivity contribution is 0.627. The third kappa shape index (κ3) is 4.01. The van der Waals surface area contributed by atoms with Crippen LogP contribution in [-0.4, -0.2) is 11.8 Å². The van der Waals surface area contributed by atoms with Crippen molar-refractivity contribution >= 4 is 23.4 Å². The zero-order valence-electron chi connectivity index (χ0n) is 8.67. The molecule has 1 nitrogen and oxygen atoms in total. The molecule has 2 N–H and O–H groups in total. The summed E-state index contributed by atoms with van der Waals surface area (Å²) >= 11 is 7.59. The van der Waals surface area contributed by atoms with Crippen LogP contribution in [0.1, 0.15) is 18.9 Å². The van der Waals surface area contributed by atoms with E-state index in [-0.39, 0.29) is 10.8 Å². The van der Waals surface area contributed by atoms with Crippen molar-refractivity contribution in [3.63, 3.8) is 0 Å². The smallest absolute Gasteiger partial charge is 0.142 e. The average Bonchev–Trinajstić information content (AvgIpc) is 2.21. The first kappa shape index (κ1) is 12.8. The minimum Gasteiger partial charge on any atom is -0.330 e. The molecule has 84 valence electrons. The Labute approximate surface area is 99.2 Å². The summed E-state index contributed by atoms with van der Waals surface area (Å²) in [6, 6.07) is 4.91. The van der Waals surface area contributed by atoms with Gasteiger partial charge in [-0.15, -0.1) is 0 Å². The summed E-state index contributed by atoms with van der Waals surface area (Å²) in [5.41, 5.74) is 6.31. The highest BCUT2D eigenvalue weighted by molar-refractivity contribution is 7.99. The first-order valence-corrected chi connectivity index (χ1v) is 6.32. The van der Waals surface area contributed by atoms with Crippen molar-refractivity contribution in [2.24, 2.45) is 5.73 Å². The van der Waals surface area contributed by atoms with Crippen LogP contribution in [0.25, 0.3) is 0 Å². The van der Waals surface area contributed by atoms with Crippen molar-refractivity contribution in [3.05, 3.63) is 34.6 Å². The highest BCUT2D eigenvalue weighted by atomic mass is 35.5. The van der Waals surface area contributed by atoms with E-state index in [9.17, 15) is 4.39 Å². The lowest BCUT2D eigenvalue weighted by Gasteiger charge is -2.10. The minimum absolute atomic E-state index is 0.241. The molecular formula is C11H15ClFNS. The largest absolute Gasteiger partial charge is 0.330 e. The molecule has 0 saturated carbocycles. The Kier molecular flexibility index (Phi) is 5.43. The molecule has 0 aliphatic carbocycles. The van der Waals surface area contributed by atoms with E-state index in [0.29, 0.717) is 11.8 Å². The second-order valence-electron chi connectivity index (χ2n) is 3.41. The van der Waals surface area contributed by atoms with Crippen LogP contribution < -0.4 is 5.73 Å². The third-order valence-electron chi connectivity index (χ3n) is 2.13. The molecule has 1 rings (SSSR count). The van der Waals surface area contributed by atoms with Crippen LogP contribution in [0.4, 0.5) is 4.39 Å². The first-order valence-electron chi connectivity index (χ1n) is 4.89. The fraction of sp³-hybridized carbons (Fsp3) is 0.455. The van der Waals surface area contributed by atoms with E-state index in [1.54, 1.807) is 17.8 Å². The van der Waals surface area contributed by atoms with Crippen molar-refractivity contribution in [1.82, 2.24) is 0 Å². The van der Waals surface area contributed by atoms with E-state index < -0.39 is 0 Å². The molecule has 0 heterocycles. The van der Waals surface area contributed by atoms with Gasteiger partial charge in [-0.1, -0.05) is 30.7 Å². The Morgan fingerprint density at radius 1 is 1.53 bits per heavy atom. The number of hydrogen-bond acceptors (Lipinski definition) is 2. The van der Waals surface area contributed by atoms with E-state index in [0.717, 1.165) is 17.7 Å². The maximum absolute atomic E-state index is 13.1. The maximum atomic E-state index is 13.1. The second kappa shape index (κ2) is 6.36. The normalized spacial score (nSPS) is 12.8. The van der Waals surface area contributed by atoms with Crippen molar-refractivity contribution < 1.29 is 4.39 Å². The lowest BCUT2D eigenvalue weighted by Crippen LogP contribution is -2.07. The molecule has 0 saturated heterocycles. The van der Waals surface area contributed by atoms with Crippen LogP contribution in [-0.2, 0) is 5.75 Å². The van der Waals surface area contributed by atoms with Gasteiger partial charge in [0.1, 0.15) is 5.82 Å². The van der Waals surface area contributed by atoms with Gasteiger partial charge in [-0.25, -0.2) is 4.39 Å². The zero-order valence-corrected chi connectivity index (χ0v) is 10.2. The highest BCUT2D eigenvalue weighted by Crippen LogP contribution is 2.26. The van der Waals surface area contributed by atoms with E-state index in [1.807, 2.05) is 6.07 Å². The Bertz CT molecular complexity index is 319. The molecule has 0 bridgehead atoms. The van der Waals surface area contributed by atoms with E-state index in [1.165, 1.54) is 6.07 Å². The number of thioether (sulfide) groups is 1. The van der Waals surface area contributed by atoms with Gasteiger partial charge in [0.2, 0.25) is 0 Å². The fourth-order valence-electron chi connectivity index (χ4n) is 1.21. The van der Waals surface area contributed by atoms with E-state index >= 15 is 0 Å². The van der Waals surface area contributed by atoms with Crippen molar-refractivity contribution in [2.75, 3.05) is 6.54 Å².